The minimum Gasteiger partial charge on any atom is -0.461 e. The molecule has 0 radical (unpaired) electrons. The average molecular weight is 366 g/mol. The molecule has 136 valence electrons. The Kier molecular flexibility index (Phi) is 3.56. The fraction of sp³-hybridized carbons (Fsp3) is 0.211. The molecule has 3 aromatic heterocycles. The molecule has 1 aliphatic rings. The number of H-pyrrole nitrogens is 1. The van der Waals surface area contributed by atoms with Crippen molar-refractivity contribution in [1.29, 1.82) is 0 Å². The van der Waals surface area contributed by atoms with Gasteiger partial charge in [-0.25, -0.2) is 9.37 Å². The number of hydrogen-bond acceptors (Lipinski definition) is 5. The van der Waals surface area contributed by atoms with Gasteiger partial charge in [0.2, 0.25) is 5.76 Å². The van der Waals surface area contributed by atoms with Gasteiger partial charge in [0.15, 0.2) is 11.5 Å². The number of hydrogen-bond donors (Lipinski definition) is 1. The average Bonchev–Trinajstić information content (AvgIpc) is 3.46. The summed E-state index contributed by atoms with van der Waals surface area (Å²) in [5.41, 5.74) is 1.51. The lowest BCUT2D eigenvalue weighted by atomic mass is 10.2. The summed E-state index contributed by atoms with van der Waals surface area (Å²) in [6, 6.07) is 9.23. The number of aromatic amines is 1. The Morgan fingerprint density at radius 3 is 3.04 bits per heavy atom. The molecule has 0 spiro atoms. The third kappa shape index (κ3) is 2.69. The Morgan fingerprint density at radius 1 is 1.26 bits per heavy atom. The fourth-order valence-electron chi connectivity index (χ4n) is 3.51. The van der Waals surface area contributed by atoms with Gasteiger partial charge < -0.3 is 18.8 Å². The first kappa shape index (κ1) is 15.8. The van der Waals surface area contributed by atoms with Gasteiger partial charge in [0, 0.05) is 12.6 Å². The van der Waals surface area contributed by atoms with E-state index in [9.17, 15) is 9.18 Å². The molecular formula is C19H15FN4O3. The van der Waals surface area contributed by atoms with E-state index in [1.807, 2.05) is 0 Å². The molecule has 1 fully saturated rings. The second-order valence-electron chi connectivity index (χ2n) is 6.49. The number of carbonyl (C=O) groups is 1. The normalized spacial score (nSPS) is 17.1. The van der Waals surface area contributed by atoms with Gasteiger partial charge in [-0.3, -0.25) is 4.79 Å². The minimum atomic E-state index is -0.329. The maximum absolute atomic E-state index is 13.4. The summed E-state index contributed by atoms with van der Waals surface area (Å²) >= 11 is 0. The zero-order valence-electron chi connectivity index (χ0n) is 14.2. The van der Waals surface area contributed by atoms with Crippen molar-refractivity contribution in [3.05, 3.63) is 60.0 Å². The molecule has 1 unspecified atom stereocenters. The van der Waals surface area contributed by atoms with E-state index >= 15 is 0 Å². The van der Waals surface area contributed by atoms with Crippen LogP contribution in [0.4, 0.5) is 4.39 Å². The highest BCUT2D eigenvalue weighted by atomic mass is 19.1. The molecule has 0 aliphatic carbocycles. The van der Waals surface area contributed by atoms with E-state index in [1.54, 1.807) is 29.2 Å². The van der Waals surface area contributed by atoms with Crippen molar-refractivity contribution < 1.29 is 18.1 Å². The van der Waals surface area contributed by atoms with E-state index in [4.69, 9.17) is 8.94 Å². The van der Waals surface area contributed by atoms with E-state index in [2.05, 4.69) is 15.1 Å². The van der Waals surface area contributed by atoms with E-state index in [1.165, 1.54) is 18.4 Å². The molecule has 8 heteroatoms. The highest BCUT2D eigenvalue weighted by Gasteiger charge is 2.34. The molecule has 4 heterocycles. The summed E-state index contributed by atoms with van der Waals surface area (Å²) in [5.74, 6) is 1.00. The first-order valence-electron chi connectivity index (χ1n) is 8.66. The number of carbonyl (C=O) groups excluding carboxylic acids is 1. The molecule has 1 amide bonds. The number of nitrogens with one attached hydrogen (secondary N) is 1. The molecule has 1 aromatic carbocycles. The summed E-state index contributed by atoms with van der Waals surface area (Å²) in [6.07, 6.45) is 3.15. The summed E-state index contributed by atoms with van der Waals surface area (Å²) in [7, 11) is 0. The van der Waals surface area contributed by atoms with Gasteiger partial charge in [0.25, 0.3) is 5.91 Å². The minimum absolute atomic E-state index is 0.211. The number of nitrogens with zero attached hydrogens (tertiary/aromatic N) is 3. The number of benzene rings is 1. The highest BCUT2D eigenvalue weighted by Crippen LogP contribution is 2.33. The van der Waals surface area contributed by atoms with Crippen molar-refractivity contribution in [2.24, 2.45) is 0 Å². The molecular weight excluding hydrogens is 351 g/mol. The van der Waals surface area contributed by atoms with Gasteiger partial charge in [0.1, 0.15) is 11.6 Å². The van der Waals surface area contributed by atoms with E-state index in [0.29, 0.717) is 34.9 Å². The monoisotopic (exact) mass is 366 g/mol. The Bertz CT molecular complexity index is 1120. The lowest BCUT2D eigenvalue weighted by Gasteiger charge is -2.21. The van der Waals surface area contributed by atoms with Gasteiger partial charge >= 0.3 is 0 Å². The van der Waals surface area contributed by atoms with Crippen LogP contribution < -0.4 is 0 Å². The summed E-state index contributed by atoms with van der Waals surface area (Å²) in [5, 5.41) is 3.89. The van der Waals surface area contributed by atoms with Crippen LogP contribution in [0.5, 0.6) is 0 Å². The zero-order valence-corrected chi connectivity index (χ0v) is 14.2. The number of aromatic nitrogens is 3. The van der Waals surface area contributed by atoms with Crippen molar-refractivity contribution >= 4 is 16.9 Å². The van der Waals surface area contributed by atoms with Crippen LogP contribution in [0, 0.1) is 5.82 Å². The summed E-state index contributed by atoms with van der Waals surface area (Å²) < 4.78 is 23.9. The molecule has 0 saturated carbocycles. The van der Waals surface area contributed by atoms with Crippen LogP contribution in [0.3, 0.4) is 0 Å². The van der Waals surface area contributed by atoms with Crippen LogP contribution >= 0.6 is 0 Å². The number of furan rings is 1. The molecule has 1 saturated heterocycles. The number of halogens is 1. The molecule has 1 N–H and O–H groups in total. The van der Waals surface area contributed by atoms with Crippen molar-refractivity contribution in [3.8, 4) is 11.5 Å². The Morgan fingerprint density at radius 2 is 2.19 bits per heavy atom. The molecule has 1 aliphatic heterocycles. The topological polar surface area (TPSA) is 88.2 Å². The maximum Gasteiger partial charge on any atom is 0.276 e. The van der Waals surface area contributed by atoms with Gasteiger partial charge in [0.05, 0.1) is 23.3 Å². The summed E-state index contributed by atoms with van der Waals surface area (Å²) in [6.45, 7) is 0.595. The van der Waals surface area contributed by atoms with Crippen molar-refractivity contribution in [3.63, 3.8) is 0 Å². The van der Waals surface area contributed by atoms with Crippen LogP contribution in [0.25, 0.3) is 22.6 Å². The second kappa shape index (κ2) is 6.08. The molecule has 5 rings (SSSR count). The third-order valence-corrected chi connectivity index (χ3v) is 4.78. The highest BCUT2D eigenvalue weighted by molar-refractivity contribution is 5.93. The molecule has 1 atom stereocenters. The van der Waals surface area contributed by atoms with Crippen LogP contribution in [0.2, 0.25) is 0 Å². The van der Waals surface area contributed by atoms with Crippen LogP contribution in [0.15, 0.2) is 51.6 Å². The number of fused-ring (bicyclic) bond motifs is 1. The lowest BCUT2D eigenvalue weighted by molar-refractivity contribution is 0.0720. The maximum atomic E-state index is 13.4. The Balaban J connectivity index is 1.44. The largest absolute Gasteiger partial charge is 0.461 e. The lowest BCUT2D eigenvalue weighted by Crippen LogP contribution is -2.31. The SMILES string of the molecule is O=C(c1cc(-c2ccco2)on1)N1CCCC1c1nc2ccc(F)cc2[nH]1. The zero-order chi connectivity index (χ0) is 18.4. The second-order valence-corrected chi connectivity index (χ2v) is 6.49. The number of amides is 1. The number of imidazole rings is 1. The van der Waals surface area contributed by atoms with Gasteiger partial charge in [-0.2, -0.15) is 0 Å². The quantitative estimate of drug-likeness (QED) is 0.593. The molecule has 27 heavy (non-hydrogen) atoms. The Labute approximate surface area is 152 Å². The Hall–Kier alpha value is -3.42. The van der Waals surface area contributed by atoms with Gasteiger partial charge in [-0.1, -0.05) is 5.16 Å². The molecule has 4 aromatic rings. The smallest absolute Gasteiger partial charge is 0.276 e. The van der Waals surface area contributed by atoms with Crippen LogP contribution in [0.1, 0.15) is 35.2 Å². The fourth-order valence-corrected chi connectivity index (χ4v) is 3.51. The summed E-state index contributed by atoms with van der Waals surface area (Å²) in [4.78, 5) is 22.3. The van der Waals surface area contributed by atoms with E-state index in [0.717, 1.165) is 12.8 Å². The van der Waals surface area contributed by atoms with Crippen LogP contribution in [-0.4, -0.2) is 32.5 Å². The number of rotatable bonds is 3. The van der Waals surface area contributed by atoms with Gasteiger partial charge in [-0.05, 0) is 43.2 Å². The van der Waals surface area contributed by atoms with Crippen molar-refractivity contribution in [1.82, 2.24) is 20.0 Å². The van der Waals surface area contributed by atoms with E-state index in [-0.39, 0.29) is 23.5 Å². The molecule has 0 bridgehead atoms. The number of likely N-dealkylation sites (tertiary alicyclic amines) is 1. The van der Waals surface area contributed by atoms with Crippen molar-refractivity contribution in [2.75, 3.05) is 6.54 Å². The predicted molar refractivity (Wildman–Crippen MR) is 93.3 cm³/mol. The van der Waals surface area contributed by atoms with Crippen molar-refractivity contribution in [2.45, 2.75) is 18.9 Å². The third-order valence-electron chi connectivity index (χ3n) is 4.78. The standard InChI is InChI=1S/C19H15FN4O3/c20-11-5-6-12-13(9-11)22-18(21-12)15-3-1-7-24(15)19(25)14-10-17(27-23-14)16-4-2-8-26-16/h2,4-6,8-10,15H,1,3,7H2,(H,21,22). The first-order chi connectivity index (χ1) is 13.2. The van der Waals surface area contributed by atoms with E-state index < -0.39 is 0 Å². The predicted octanol–water partition coefficient (Wildman–Crippen LogP) is 3.93. The first-order valence-corrected chi connectivity index (χ1v) is 8.66. The van der Waals surface area contributed by atoms with Gasteiger partial charge in [-0.15, -0.1) is 0 Å². The van der Waals surface area contributed by atoms with Crippen LogP contribution in [-0.2, 0) is 0 Å². The molecule has 7 nitrogen and oxygen atoms in total.